The van der Waals surface area contributed by atoms with Crippen molar-refractivity contribution in [2.45, 2.75) is 46.8 Å². The van der Waals surface area contributed by atoms with Gasteiger partial charge in [0.1, 0.15) is 0 Å². The molecule has 0 bridgehead atoms. The molecule has 1 aliphatic heterocycles. The van der Waals surface area contributed by atoms with E-state index in [9.17, 15) is 10.1 Å². The molecule has 0 N–H and O–H groups in total. The third-order valence-corrected chi connectivity index (χ3v) is 6.60. The number of hydrogen-bond acceptors (Lipinski definition) is 5. The highest BCUT2D eigenvalue weighted by molar-refractivity contribution is 5.78. The van der Waals surface area contributed by atoms with Crippen LogP contribution >= 0.6 is 0 Å². The molecule has 35 heavy (non-hydrogen) atoms. The zero-order valence-corrected chi connectivity index (χ0v) is 20.7. The lowest BCUT2D eigenvalue weighted by molar-refractivity contribution is 0.245. The van der Waals surface area contributed by atoms with Crippen LogP contribution in [0.1, 0.15) is 43.0 Å². The lowest BCUT2D eigenvalue weighted by atomic mass is 9.97. The number of rotatable bonds is 4. The van der Waals surface area contributed by atoms with Crippen molar-refractivity contribution in [1.82, 2.24) is 24.0 Å². The number of imidazole rings is 1. The highest BCUT2D eigenvalue weighted by atomic mass is 16.1. The molecule has 0 atom stereocenters. The molecule has 4 aromatic rings. The number of aromatic nitrogens is 4. The van der Waals surface area contributed by atoms with E-state index >= 15 is 0 Å². The molecule has 0 aliphatic carbocycles. The Hall–Kier alpha value is -3.76. The molecule has 3 aromatic heterocycles. The average molecular weight is 467 g/mol. The third kappa shape index (κ3) is 4.50. The Bertz CT molecular complexity index is 1520. The van der Waals surface area contributed by atoms with Crippen LogP contribution in [0.3, 0.4) is 0 Å². The number of benzene rings is 1. The summed E-state index contributed by atoms with van der Waals surface area (Å²) in [7, 11) is 1.76. The summed E-state index contributed by atoms with van der Waals surface area (Å²) < 4.78 is 3.39. The number of hydrogen-bond donors (Lipinski definition) is 0. The maximum atomic E-state index is 12.9. The lowest BCUT2D eigenvalue weighted by Gasteiger charge is -2.28. The van der Waals surface area contributed by atoms with Crippen LogP contribution in [0.4, 0.5) is 0 Å². The first-order valence-electron chi connectivity index (χ1n) is 12.0. The van der Waals surface area contributed by atoms with Crippen LogP contribution in [0.25, 0.3) is 22.4 Å². The monoisotopic (exact) mass is 466 g/mol. The molecule has 7 heteroatoms. The standard InChI is InChI=1S/C28H30N6O/c1-28(2,3)18-34-25-8-7-24(31-26(25)32(4)27(34)35)23-13-19(5-6-21(23)14-29)16-33-12-10-20-9-11-30-15-22(20)17-33/h5-9,11,13,15H,10,12,16-18H2,1-4H3. The Balaban J connectivity index is 1.49. The van der Waals surface area contributed by atoms with Gasteiger partial charge >= 0.3 is 5.69 Å². The highest BCUT2D eigenvalue weighted by Crippen LogP contribution is 2.28. The second kappa shape index (κ2) is 8.79. The minimum atomic E-state index is -0.0753. The summed E-state index contributed by atoms with van der Waals surface area (Å²) in [4.78, 5) is 24.5. The van der Waals surface area contributed by atoms with E-state index in [-0.39, 0.29) is 11.1 Å². The largest absolute Gasteiger partial charge is 0.330 e. The lowest BCUT2D eigenvalue weighted by Crippen LogP contribution is -2.30. The van der Waals surface area contributed by atoms with Gasteiger partial charge in [-0.2, -0.15) is 5.26 Å². The summed E-state index contributed by atoms with van der Waals surface area (Å²) in [6.45, 7) is 9.59. The van der Waals surface area contributed by atoms with Crippen LogP contribution < -0.4 is 5.69 Å². The Morgan fingerprint density at radius 2 is 1.94 bits per heavy atom. The molecule has 0 saturated heterocycles. The number of pyridine rings is 2. The van der Waals surface area contributed by atoms with Gasteiger partial charge in [-0.3, -0.25) is 19.0 Å². The Kier molecular flexibility index (Phi) is 5.78. The molecule has 1 aliphatic rings. The van der Waals surface area contributed by atoms with Crippen LogP contribution in [0.2, 0.25) is 0 Å². The molecule has 0 fully saturated rings. The smallest absolute Gasteiger partial charge is 0.294 e. The predicted molar refractivity (Wildman–Crippen MR) is 137 cm³/mol. The van der Waals surface area contributed by atoms with Crippen LogP contribution in [0.15, 0.2) is 53.6 Å². The second-order valence-electron chi connectivity index (χ2n) is 10.6. The first kappa shape index (κ1) is 23.0. The molecule has 0 amide bonds. The van der Waals surface area contributed by atoms with Gasteiger partial charge in [0.2, 0.25) is 0 Å². The Labute approximate surface area is 205 Å². The summed E-state index contributed by atoms with van der Waals surface area (Å²) in [5, 5.41) is 9.79. The normalized spacial score (nSPS) is 14.1. The highest BCUT2D eigenvalue weighted by Gasteiger charge is 2.20. The molecule has 0 spiro atoms. The van der Waals surface area contributed by atoms with Crippen LogP contribution in [0, 0.1) is 16.7 Å². The molecule has 5 rings (SSSR count). The van der Waals surface area contributed by atoms with Gasteiger partial charge in [0.25, 0.3) is 0 Å². The van der Waals surface area contributed by atoms with Gasteiger partial charge in [-0.05, 0) is 58.9 Å². The van der Waals surface area contributed by atoms with E-state index in [1.165, 1.54) is 11.1 Å². The number of nitriles is 1. The van der Waals surface area contributed by atoms with E-state index in [4.69, 9.17) is 4.98 Å². The molecule has 4 heterocycles. The van der Waals surface area contributed by atoms with Crippen molar-refractivity contribution in [3.8, 4) is 17.3 Å². The Morgan fingerprint density at radius 3 is 2.71 bits per heavy atom. The van der Waals surface area contributed by atoms with Crippen LogP contribution in [-0.2, 0) is 33.1 Å². The molecule has 0 unspecified atom stereocenters. The van der Waals surface area contributed by atoms with E-state index in [1.54, 1.807) is 16.2 Å². The van der Waals surface area contributed by atoms with Crippen LogP contribution in [0.5, 0.6) is 0 Å². The predicted octanol–water partition coefficient (Wildman–Crippen LogP) is 4.27. The summed E-state index contributed by atoms with van der Waals surface area (Å²) in [6.07, 6.45) is 4.83. The number of aryl methyl sites for hydroxylation is 1. The maximum absolute atomic E-state index is 12.9. The zero-order chi connectivity index (χ0) is 24.7. The van der Waals surface area contributed by atoms with Crippen LogP contribution in [-0.4, -0.2) is 30.5 Å². The zero-order valence-electron chi connectivity index (χ0n) is 20.7. The van der Waals surface area contributed by atoms with Gasteiger partial charge in [0.05, 0.1) is 22.8 Å². The topological polar surface area (TPSA) is 79.7 Å². The van der Waals surface area contributed by atoms with E-state index in [1.807, 2.05) is 36.7 Å². The van der Waals surface area contributed by atoms with E-state index in [2.05, 4.69) is 48.9 Å². The molecular formula is C28H30N6O. The fourth-order valence-corrected chi connectivity index (χ4v) is 4.88. The maximum Gasteiger partial charge on any atom is 0.330 e. The van der Waals surface area contributed by atoms with Gasteiger partial charge in [0.15, 0.2) is 5.65 Å². The number of fused-ring (bicyclic) bond motifs is 2. The molecule has 1 aromatic carbocycles. The minimum Gasteiger partial charge on any atom is -0.294 e. The summed E-state index contributed by atoms with van der Waals surface area (Å²) in [5.41, 5.74) is 7.18. The minimum absolute atomic E-state index is 0.0376. The van der Waals surface area contributed by atoms with Crippen molar-refractivity contribution >= 4 is 11.2 Å². The fraction of sp³-hybridized carbons (Fsp3) is 0.357. The molecule has 178 valence electrons. The van der Waals surface area contributed by atoms with E-state index < -0.39 is 0 Å². The van der Waals surface area contributed by atoms with Gasteiger partial charge < -0.3 is 0 Å². The van der Waals surface area contributed by atoms with Crippen molar-refractivity contribution in [2.24, 2.45) is 12.5 Å². The summed E-state index contributed by atoms with van der Waals surface area (Å²) in [6, 6.07) is 14.3. The molecule has 0 radical (unpaired) electrons. The molecule has 0 saturated carbocycles. The van der Waals surface area contributed by atoms with Gasteiger partial charge in [-0.1, -0.05) is 26.8 Å². The van der Waals surface area contributed by atoms with E-state index in [0.717, 1.165) is 42.7 Å². The fourth-order valence-electron chi connectivity index (χ4n) is 4.88. The molecular weight excluding hydrogens is 436 g/mol. The van der Waals surface area contributed by atoms with Gasteiger partial charge in [0, 0.05) is 51.2 Å². The van der Waals surface area contributed by atoms with Crippen molar-refractivity contribution < 1.29 is 0 Å². The van der Waals surface area contributed by atoms with E-state index in [0.29, 0.717) is 23.4 Å². The summed E-state index contributed by atoms with van der Waals surface area (Å²) >= 11 is 0. The summed E-state index contributed by atoms with van der Waals surface area (Å²) in [5.74, 6) is 0. The first-order chi connectivity index (χ1) is 16.7. The van der Waals surface area contributed by atoms with Gasteiger partial charge in [-0.15, -0.1) is 0 Å². The quantitative estimate of drug-likeness (QED) is 0.449. The van der Waals surface area contributed by atoms with Crippen molar-refractivity contribution in [3.05, 3.63) is 81.5 Å². The Morgan fingerprint density at radius 1 is 1.11 bits per heavy atom. The average Bonchev–Trinajstić information content (AvgIpc) is 3.07. The van der Waals surface area contributed by atoms with Gasteiger partial charge in [-0.25, -0.2) is 9.78 Å². The van der Waals surface area contributed by atoms with Crippen molar-refractivity contribution in [2.75, 3.05) is 6.54 Å². The first-order valence-corrected chi connectivity index (χ1v) is 12.0. The SMILES string of the molecule is Cn1c(=O)n(CC(C)(C)C)c2ccc(-c3cc(CN4CCc5ccncc5C4)ccc3C#N)nc21. The van der Waals surface area contributed by atoms with Crippen molar-refractivity contribution in [3.63, 3.8) is 0 Å². The third-order valence-electron chi connectivity index (χ3n) is 6.60. The number of nitrogens with zero attached hydrogens (tertiary/aromatic N) is 6. The second-order valence-corrected chi connectivity index (χ2v) is 10.6. The van der Waals surface area contributed by atoms with Crippen molar-refractivity contribution in [1.29, 1.82) is 5.26 Å². The molecule has 7 nitrogen and oxygen atoms in total.